The molecule has 0 aromatic carbocycles. The van der Waals surface area contributed by atoms with E-state index in [4.69, 9.17) is 0 Å². The van der Waals surface area contributed by atoms with E-state index in [-0.39, 0.29) is 5.91 Å². The van der Waals surface area contributed by atoms with Crippen molar-refractivity contribution in [1.29, 1.82) is 0 Å². The number of hydrogen-bond donors (Lipinski definition) is 0. The smallest absolute Gasteiger partial charge is 0.264 e. The van der Waals surface area contributed by atoms with Gasteiger partial charge in [0, 0.05) is 51.0 Å². The number of rotatable bonds is 5. The molecule has 0 radical (unpaired) electrons. The first-order valence-corrected chi connectivity index (χ1v) is 9.68. The highest BCUT2D eigenvalue weighted by Crippen LogP contribution is 2.20. The van der Waals surface area contributed by atoms with Gasteiger partial charge in [-0.3, -0.25) is 14.4 Å². The molecule has 130 valence electrons. The molecule has 2 aromatic rings. The number of aromatic nitrogens is 2. The van der Waals surface area contributed by atoms with Gasteiger partial charge in [-0.25, -0.2) is 0 Å². The van der Waals surface area contributed by atoms with Gasteiger partial charge in [0.1, 0.15) is 0 Å². The number of thiophene rings is 1. The van der Waals surface area contributed by atoms with Crippen LogP contribution in [0.15, 0.2) is 23.8 Å². The van der Waals surface area contributed by atoms with E-state index >= 15 is 0 Å². The Morgan fingerprint density at radius 2 is 2.12 bits per heavy atom. The quantitative estimate of drug-likeness (QED) is 0.836. The lowest BCUT2D eigenvalue weighted by Crippen LogP contribution is -2.35. The van der Waals surface area contributed by atoms with Crippen LogP contribution in [0.3, 0.4) is 0 Å². The molecule has 1 amide bonds. The van der Waals surface area contributed by atoms with Crippen molar-refractivity contribution in [2.45, 2.75) is 39.8 Å². The maximum atomic E-state index is 12.8. The van der Waals surface area contributed by atoms with E-state index in [9.17, 15) is 4.79 Å². The minimum absolute atomic E-state index is 0.211. The van der Waals surface area contributed by atoms with Crippen LogP contribution in [-0.2, 0) is 19.5 Å². The highest BCUT2D eigenvalue weighted by molar-refractivity contribution is 7.12. The van der Waals surface area contributed by atoms with Crippen molar-refractivity contribution in [2.24, 2.45) is 0 Å². The first kappa shape index (κ1) is 17.2. The van der Waals surface area contributed by atoms with Gasteiger partial charge in [0.05, 0.1) is 11.1 Å². The summed E-state index contributed by atoms with van der Waals surface area (Å²) in [5, 5.41) is 6.38. The van der Waals surface area contributed by atoms with E-state index in [0.29, 0.717) is 0 Å². The lowest BCUT2D eigenvalue weighted by molar-refractivity contribution is 0.0765. The van der Waals surface area contributed by atoms with E-state index in [1.54, 1.807) is 11.3 Å². The summed E-state index contributed by atoms with van der Waals surface area (Å²) in [6.45, 7) is 9.65. The van der Waals surface area contributed by atoms with Crippen molar-refractivity contribution in [1.82, 2.24) is 19.6 Å². The van der Waals surface area contributed by atoms with Crippen LogP contribution < -0.4 is 0 Å². The van der Waals surface area contributed by atoms with Crippen molar-refractivity contribution < 1.29 is 4.79 Å². The number of hydrogen-bond acceptors (Lipinski definition) is 4. The average molecular weight is 347 g/mol. The maximum Gasteiger partial charge on any atom is 0.264 e. The Bertz CT molecular complexity index is 678. The third kappa shape index (κ3) is 3.87. The monoisotopic (exact) mass is 346 g/mol. The molecular weight excluding hydrogens is 320 g/mol. The minimum Gasteiger partial charge on any atom is -0.337 e. The third-order valence-corrected chi connectivity index (χ3v) is 5.56. The van der Waals surface area contributed by atoms with Crippen LogP contribution in [0.25, 0.3) is 0 Å². The van der Waals surface area contributed by atoms with Gasteiger partial charge in [0.2, 0.25) is 0 Å². The van der Waals surface area contributed by atoms with Crippen molar-refractivity contribution in [3.05, 3.63) is 39.8 Å². The molecule has 0 atom stereocenters. The van der Waals surface area contributed by atoms with Crippen molar-refractivity contribution >= 4 is 17.2 Å². The SMILES string of the molecule is CCc1ccsc1C(=O)N1CCCN(Cc2cnn(CC)c2)CC1. The van der Waals surface area contributed by atoms with Gasteiger partial charge in [0.25, 0.3) is 5.91 Å². The van der Waals surface area contributed by atoms with Crippen LogP contribution in [0, 0.1) is 0 Å². The van der Waals surface area contributed by atoms with Gasteiger partial charge >= 0.3 is 0 Å². The van der Waals surface area contributed by atoms with Crippen LogP contribution >= 0.6 is 11.3 Å². The lowest BCUT2D eigenvalue weighted by atomic mass is 10.2. The molecule has 1 fully saturated rings. The van der Waals surface area contributed by atoms with Crippen molar-refractivity contribution in [2.75, 3.05) is 26.2 Å². The topological polar surface area (TPSA) is 41.4 Å². The average Bonchev–Trinajstić information content (AvgIpc) is 3.19. The van der Waals surface area contributed by atoms with Gasteiger partial charge in [-0.1, -0.05) is 6.92 Å². The molecular formula is C18H26N4OS. The zero-order valence-electron chi connectivity index (χ0n) is 14.6. The predicted octanol–water partition coefficient (Wildman–Crippen LogP) is 2.88. The Balaban J connectivity index is 1.59. The Kier molecular flexibility index (Phi) is 5.68. The van der Waals surface area contributed by atoms with Crippen LogP contribution in [0.1, 0.15) is 41.1 Å². The molecule has 2 aromatic heterocycles. The van der Waals surface area contributed by atoms with Crippen LogP contribution in [0.2, 0.25) is 0 Å². The summed E-state index contributed by atoms with van der Waals surface area (Å²) in [6.07, 6.45) is 6.02. The standard InChI is InChI=1S/C18H26N4OS/c1-3-16-6-11-24-17(16)18(23)21-8-5-7-20(9-10-21)13-15-12-19-22(4-2)14-15/h6,11-12,14H,3-5,7-10,13H2,1-2H3. The first-order valence-electron chi connectivity index (χ1n) is 8.80. The molecule has 1 saturated heterocycles. The molecule has 24 heavy (non-hydrogen) atoms. The van der Waals surface area contributed by atoms with Gasteiger partial charge in [-0.2, -0.15) is 5.10 Å². The van der Waals surface area contributed by atoms with Crippen molar-refractivity contribution in [3.63, 3.8) is 0 Å². The number of amides is 1. The summed E-state index contributed by atoms with van der Waals surface area (Å²) in [5.41, 5.74) is 2.43. The zero-order valence-corrected chi connectivity index (χ0v) is 15.4. The number of carbonyl (C=O) groups excluding carboxylic acids is 1. The normalized spacial score (nSPS) is 16.3. The third-order valence-electron chi connectivity index (χ3n) is 4.61. The van der Waals surface area contributed by atoms with Gasteiger partial charge in [-0.15, -0.1) is 11.3 Å². The predicted molar refractivity (Wildman–Crippen MR) is 97.4 cm³/mol. The van der Waals surface area contributed by atoms with E-state index in [1.807, 2.05) is 21.2 Å². The number of nitrogens with zero attached hydrogens (tertiary/aromatic N) is 4. The molecule has 0 spiro atoms. The number of aryl methyl sites for hydroxylation is 2. The van der Waals surface area contributed by atoms with E-state index in [0.717, 1.165) is 57.0 Å². The second-order valence-electron chi connectivity index (χ2n) is 6.25. The van der Waals surface area contributed by atoms with Crippen LogP contribution in [0.5, 0.6) is 0 Å². The van der Waals surface area contributed by atoms with E-state index < -0.39 is 0 Å². The number of carbonyl (C=O) groups is 1. The lowest BCUT2D eigenvalue weighted by Gasteiger charge is -2.21. The highest BCUT2D eigenvalue weighted by atomic mass is 32.1. The van der Waals surface area contributed by atoms with Gasteiger partial charge < -0.3 is 4.90 Å². The summed E-state index contributed by atoms with van der Waals surface area (Å²) >= 11 is 1.58. The second kappa shape index (κ2) is 7.94. The molecule has 1 aliphatic rings. The summed E-state index contributed by atoms with van der Waals surface area (Å²) < 4.78 is 1.96. The molecule has 0 saturated carbocycles. The zero-order chi connectivity index (χ0) is 16.9. The first-order chi connectivity index (χ1) is 11.7. The molecule has 0 bridgehead atoms. The summed E-state index contributed by atoms with van der Waals surface area (Å²) in [7, 11) is 0. The van der Waals surface area contributed by atoms with Gasteiger partial charge in [0.15, 0.2) is 0 Å². The largest absolute Gasteiger partial charge is 0.337 e. The fourth-order valence-corrected chi connectivity index (χ4v) is 4.16. The molecule has 6 heteroatoms. The Morgan fingerprint density at radius 3 is 2.88 bits per heavy atom. The molecule has 3 rings (SSSR count). The molecule has 1 aliphatic heterocycles. The van der Waals surface area contributed by atoms with Gasteiger partial charge in [-0.05, 0) is 36.8 Å². The van der Waals surface area contributed by atoms with E-state index in [2.05, 4.69) is 36.1 Å². The highest BCUT2D eigenvalue weighted by Gasteiger charge is 2.22. The molecule has 5 nitrogen and oxygen atoms in total. The summed E-state index contributed by atoms with van der Waals surface area (Å²) in [5.74, 6) is 0.211. The van der Waals surface area contributed by atoms with Crippen LogP contribution in [0.4, 0.5) is 0 Å². The van der Waals surface area contributed by atoms with E-state index in [1.165, 1.54) is 11.1 Å². The maximum absolute atomic E-state index is 12.8. The molecule has 0 unspecified atom stereocenters. The Labute approximate surface area is 147 Å². The Hall–Kier alpha value is -1.66. The fraction of sp³-hybridized carbons (Fsp3) is 0.556. The second-order valence-corrected chi connectivity index (χ2v) is 7.17. The summed E-state index contributed by atoms with van der Waals surface area (Å²) in [6, 6.07) is 2.08. The fourth-order valence-electron chi connectivity index (χ4n) is 3.20. The Morgan fingerprint density at radius 1 is 1.25 bits per heavy atom. The van der Waals surface area contributed by atoms with Crippen molar-refractivity contribution in [3.8, 4) is 0 Å². The molecule has 0 N–H and O–H groups in total. The molecule has 3 heterocycles. The minimum atomic E-state index is 0.211. The summed E-state index contributed by atoms with van der Waals surface area (Å²) in [4.78, 5) is 18.2. The van der Waals surface area contributed by atoms with Crippen LogP contribution in [-0.4, -0.2) is 51.7 Å². The molecule has 0 aliphatic carbocycles.